The molecule has 0 saturated carbocycles. The van der Waals surface area contributed by atoms with Gasteiger partial charge in [0.25, 0.3) is 11.5 Å². The predicted octanol–water partition coefficient (Wildman–Crippen LogP) is 0.516. The van der Waals surface area contributed by atoms with Gasteiger partial charge in [-0.25, -0.2) is 4.98 Å². The first-order valence-corrected chi connectivity index (χ1v) is 6.41. The van der Waals surface area contributed by atoms with Crippen LogP contribution in [-0.2, 0) is 0 Å². The highest BCUT2D eigenvalue weighted by Crippen LogP contribution is 2.05. The molecule has 0 aliphatic carbocycles. The number of rotatable bonds is 4. The monoisotopic (exact) mass is 302 g/mol. The molecule has 0 aliphatic rings. The molecule has 8 heteroatoms. The molecule has 0 fully saturated rings. The van der Waals surface area contributed by atoms with Gasteiger partial charge in [0, 0.05) is 30.4 Å². The van der Waals surface area contributed by atoms with Gasteiger partial charge in [0.05, 0.1) is 0 Å². The zero-order chi connectivity index (χ0) is 13.1. The van der Waals surface area contributed by atoms with Gasteiger partial charge in [-0.2, -0.15) is 0 Å². The lowest BCUT2D eigenvalue weighted by Crippen LogP contribution is -2.39. The number of nitrogens with zero attached hydrogens (tertiary/aromatic N) is 2. The summed E-state index contributed by atoms with van der Waals surface area (Å²) in [5.41, 5.74) is -0.273. The van der Waals surface area contributed by atoms with E-state index in [2.05, 4.69) is 15.6 Å². The van der Waals surface area contributed by atoms with Crippen LogP contribution in [0.25, 0.3) is 4.96 Å². The zero-order valence-corrected chi connectivity index (χ0v) is 12.2. The predicted molar refractivity (Wildman–Crippen MR) is 77.4 cm³/mol. The summed E-state index contributed by atoms with van der Waals surface area (Å²) >= 11 is 1.35. The van der Waals surface area contributed by atoms with Crippen molar-refractivity contribution in [2.45, 2.75) is 13.0 Å². The summed E-state index contributed by atoms with van der Waals surface area (Å²) in [4.78, 5) is 28.5. The van der Waals surface area contributed by atoms with Gasteiger partial charge in [-0.3, -0.25) is 14.0 Å². The molecule has 0 spiro atoms. The SMILES string of the molecule is CNC(C)CNC(=O)c1cnc2sccn2c1=O.Cl. The first-order valence-electron chi connectivity index (χ1n) is 5.54. The van der Waals surface area contributed by atoms with Crippen molar-refractivity contribution in [3.8, 4) is 0 Å². The summed E-state index contributed by atoms with van der Waals surface area (Å²) in [5.74, 6) is -0.393. The molecule has 0 saturated heterocycles. The fraction of sp³-hybridized carbons (Fsp3) is 0.364. The van der Waals surface area contributed by atoms with Gasteiger partial charge in [-0.05, 0) is 14.0 Å². The van der Waals surface area contributed by atoms with Crippen molar-refractivity contribution in [1.82, 2.24) is 20.0 Å². The molecule has 2 rings (SSSR count). The molecule has 0 aromatic carbocycles. The average molecular weight is 303 g/mol. The fourth-order valence-electron chi connectivity index (χ4n) is 1.42. The van der Waals surface area contributed by atoms with Crippen LogP contribution < -0.4 is 16.2 Å². The molecule has 2 aromatic rings. The second kappa shape index (κ2) is 6.65. The van der Waals surface area contributed by atoms with E-state index in [-0.39, 0.29) is 29.6 Å². The summed E-state index contributed by atoms with van der Waals surface area (Å²) in [6.45, 7) is 2.40. The van der Waals surface area contributed by atoms with Gasteiger partial charge >= 0.3 is 0 Å². The smallest absolute Gasteiger partial charge is 0.271 e. The first kappa shape index (κ1) is 15.6. The number of aromatic nitrogens is 2. The zero-order valence-electron chi connectivity index (χ0n) is 10.5. The Balaban J connectivity index is 0.00000180. The van der Waals surface area contributed by atoms with Gasteiger partial charge in [0.15, 0.2) is 4.96 Å². The van der Waals surface area contributed by atoms with Crippen LogP contribution in [0.4, 0.5) is 0 Å². The van der Waals surface area contributed by atoms with E-state index < -0.39 is 5.91 Å². The van der Waals surface area contributed by atoms with Crippen molar-refractivity contribution < 1.29 is 4.79 Å². The molecule has 19 heavy (non-hydrogen) atoms. The normalized spacial score (nSPS) is 11.9. The van der Waals surface area contributed by atoms with Gasteiger partial charge in [-0.15, -0.1) is 23.7 Å². The summed E-state index contributed by atoms with van der Waals surface area (Å²) < 4.78 is 1.38. The van der Waals surface area contributed by atoms with Crippen molar-refractivity contribution in [1.29, 1.82) is 0 Å². The topological polar surface area (TPSA) is 75.5 Å². The largest absolute Gasteiger partial charge is 0.350 e. The van der Waals surface area contributed by atoms with Gasteiger partial charge < -0.3 is 10.6 Å². The highest BCUT2D eigenvalue weighted by molar-refractivity contribution is 7.15. The van der Waals surface area contributed by atoms with E-state index in [4.69, 9.17) is 0 Å². The van der Waals surface area contributed by atoms with Crippen molar-refractivity contribution in [2.24, 2.45) is 0 Å². The summed E-state index contributed by atoms with van der Waals surface area (Å²) in [6, 6.07) is 0.148. The number of halogens is 1. The molecule has 0 aliphatic heterocycles. The van der Waals surface area contributed by atoms with E-state index in [0.717, 1.165) is 0 Å². The lowest BCUT2D eigenvalue weighted by atomic mass is 10.3. The lowest BCUT2D eigenvalue weighted by Gasteiger charge is -2.10. The molecule has 1 unspecified atom stereocenters. The van der Waals surface area contributed by atoms with Crippen LogP contribution in [0.15, 0.2) is 22.6 Å². The Hall–Kier alpha value is -1.44. The Morgan fingerprint density at radius 3 is 3.00 bits per heavy atom. The van der Waals surface area contributed by atoms with Crippen LogP contribution in [0.1, 0.15) is 17.3 Å². The Morgan fingerprint density at radius 1 is 1.58 bits per heavy atom. The number of nitrogens with one attached hydrogen (secondary N) is 2. The number of fused-ring (bicyclic) bond motifs is 1. The third-order valence-corrected chi connectivity index (χ3v) is 3.42. The fourth-order valence-corrected chi connectivity index (χ4v) is 2.10. The number of hydrogen-bond donors (Lipinski definition) is 2. The molecule has 1 atom stereocenters. The molecule has 6 nitrogen and oxygen atoms in total. The Labute approximate surface area is 120 Å². The van der Waals surface area contributed by atoms with Crippen LogP contribution in [0.2, 0.25) is 0 Å². The Bertz CT molecular complexity index is 624. The number of carbonyl (C=O) groups excluding carboxylic acids is 1. The van der Waals surface area contributed by atoms with E-state index in [9.17, 15) is 9.59 Å². The number of thiazole rings is 1. The van der Waals surface area contributed by atoms with E-state index in [1.165, 1.54) is 21.9 Å². The van der Waals surface area contributed by atoms with Crippen LogP contribution in [0.3, 0.4) is 0 Å². The molecule has 2 aromatic heterocycles. The van der Waals surface area contributed by atoms with E-state index in [1.54, 1.807) is 11.6 Å². The quantitative estimate of drug-likeness (QED) is 0.863. The average Bonchev–Trinajstić information content (AvgIpc) is 2.85. The van der Waals surface area contributed by atoms with Crippen molar-refractivity contribution in [3.05, 3.63) is 33.7 Å². The molecule has 104 valence electrons. The van der Waals surface area contributed by atoms with Gasteiger partial charge in [0.1, 0.15) is 5.56 Å². The lowest BCUT2D eigenvalue weighted by molar-refractivity contribution is 0.0948. The van der Waals surface area contributed by atoms with Crippen LogP contribution in [0.5, 0.6) is 0 Å². The highest BCUT2D eigenvalue weighted by atomic mass is 35.5. The number of carbonyl (C=O) groups is 1. The maximum absolute atomic E-state index is 12.0. The Kier molecular flexibility index (Phi) is 5.46. The molecule has 2 heterocycles. The van der Waals surface area contributed by atoms with E-state index in [1.807, 2.05) is 14.0 Å². The third-order valence-electron chi connectivity index (χ3n) is 2.65. The summed E-state index contributed by atoms with van der Waals surface area (Å²) in [7, 11) is 1.81. The van der Waals surface area contributed by atoms with Crippen LogP contribution in [0, 0.1) is 0 Å². The minimum atomic E-state index is -0.393. The van der Waals surface area contributed by atoms with E-state index >= 15 is 0 Å². The second-order valence-corrected chi connectivity index (χ2v) is 4.81. The maximum atomic E-state index is 12.0. The number of amides is 1. The Morgan fingerprint density at radius 2 is 2.32 bits per heavy atom. The minimum Gasteiger partial charge on any atom is -0.350 e. The maximum Gasteiger partial charge on any atom is 0.271 e. The van der Waals surface area contributed by atoms with Crippen LogP contribution in [-0.4, -0.2) is 34.9 Å². The van der Waals surface area contributed by atoms with Gasteiger partial charge in [-0.1, -0.05) is 0 Å². The van der Waals surface area contributed by atoms with Crippen LogP contribution >= 0.6 is 23.7 Å². The number of hydrogen-bond acceptors (Lipinski definition) is 5. The molecule has 1 amide bonds. The first-order chi connectivity index (χ1) is 8.63. The molecular weight excluding hydrogens is 288 g/mol. The van der Waals surface area contributed by atoms with Crippen molar-refractivity contribution in [2.75, 3.05) is 13.6 Å². The second-order valence-electron chi connectivity index (χ2n) is 3.93. The number of likely N-dealkylation sites (N-methyl/N-ethyl adjacent to an activating group) is 1. The minimum absolute atomic E-state index is 0. The van der Waals surface area contributed by atoms with Crippen molar-refractivity contribution in [3.63, 3.8) is 0 Å². The van der Waals surface area contributed by atoms with E-state index in [0.29, 0.717) is 11.5 Å². The molecule has 2 N–H and O–H groups in total. The standard InChI is InChI=1S/C11H14N4O2S.ClH/c1-7(12-2)5-13-9(16)8-6-14-11-15(10(8)17)3-4-18-11;/h3-4,6-7,12H,5H2,1-2H3,(H,13,16);1H. The third kappa shape index (κ3) is 3.31. The molecule has 0 radical (unpaired) electrons. The summed E-state index contributed by atoms with van der Waals surface area (Å²) in [6.07, 6.45) is 2.94. The molecule has 0 bridgehead atoms. The molecular formula is C11H15ClN4O2S. The van der Waals surface area contributed by atoms with Gasteiger partial charge in [0.2, 0.25) is 0 Å². The summed E-state index contributed by atoms with van der Waals surface area (Å²) in [5, 5.41) is 7.45. The highest BCUT2D eigenvalue weighted by Gasteiger charge is 2.13. The van der Waals surface area contributed by atoms with Crippen molar-refractivity contribution >= 4 is 34.6 Å².